The van der Waals surface area contributed by atoms with Gasteiger partial charge in [-0.15, -0.1) is 0 Å². The summed E-state index contributed by atoms with van der Waals surface area (Å²) >= 11 is 0. The van der Waals surface area contributed by atoms with Gasteiger partial charge >= 0.3 is 0 Å². The Morgan fingerprint density at radius 3 is 2.47 bits per heavy atom. The maximum Gasteiger partial charge on any atom is 0.119 e. The van der Waals surface area contributed by atoms with Crippen LogP contribution in [0.2, 0.25) is 0 Å². The Morgan fingerprint density at radius 2 is 1.89 bits per heavy atom. The lowest BCUT2D eigenvalue weighted by atomic mass is 9.74. The molecule has 0 spiro atoms. The highest BCUT2D eigenvalue weighted by atomic mass is 16.5. The normalized spacial score (nSPS) is 18.2. The van der Waals surface area contributed by atoms with Crippen LogP contribution in [-0.4, -0.2) is 33.4 Å². The Hall–Kier alpha value is -1.06. The molecule has 1 aromatic rings. The molecular formula is C16H25NO2. The van der Waals surface area contributed by atoms with Crippen molar-refractivity contribution >= 4 is 0 Å². The molecule has 0 aromatic heterocycles. The molecule has 3 heteroatoms. The van der Waals surface area contributed by atoms with Crippen LogP contribution in [0.25, 0.3) is 0 Å². The van der Waals surface area contributed by atoms with E-state index >= 15 is 0 Å². The van der Waals surface area contributed by atoms with Gasteiger partial charge in [-0.25, -0.2) is 0 Å². The van der Waals surface area contributed by atoms with Gasteiger partial charge in [0, 0.05) is 25.2 Å². The maximum atomic E-state index is 5.65. The van der Waals surface area contributed by atoms with Crippen LogP contribution >= 0.6 is 0 Å². The third-order valence-corrected chi connectivity index (χ3v) is 3.90. The standard InChI is InChI=1S/C16H25NO2/c1-3-10-19-15-6-4-14(5-7-15)16(13-17-2)8-11-18-12-9-16/h4-7,17H,3,8-13H2,1-2H3. The van der Waals surface area contributed by atoms with Crippen LogP contribution in [0.1, 0.15) is 31.7 Å². The van der Waals surface area contributed by atoms with Crippen molar-refractivity contribution in [3.05, 3.63) is 29.8 Å². The number of ether oxygens (including phenoxy) is 2. The van der Waals surface area contributed by atoms with E-state index in [0.29, 0.717) is 0 Å². The van der Waals surface area contributed by atoms with E-state index in [1.165, 1.54) is 5.56 Å². The van der Waals surface area contributed by atoms with E-state index in [9.17, 15) is 0 Å². The molecule has 1 aliphatic rings. The minimum Gasteiger partial charge on any atom is -0.494 e. The van der Waals surface area contributed by atoms with Gasteiger partial charge in [0.05, 0.1) is 6.61 Å². The van der Waals surface area contributed by atoms with Crippen LogP contribution < -0.4 is 10.1 Å². The van der Waals surface area contributed by atoms with Crippen LogP contribution in [-0.2, 0) is 10.2 Å². The third-order valence-electron chi connectivity index (χ3n) is 3.90. The first-order valence-electron chi connectivity index (χ1n) is 7.26. The van der Waals surface area contributed by atoms with Crippen molar-refractivity contribution in [2.45, 2.75) is 31.6 Å². The third kappa shape index (κ3) is 3.48. The minimum absolute atomic E-state index is 0.219. The highest BCUT2D eigenvalue weighted by Crippen LogP contribution is 2.35. The van der Waals surface area contributed by atoms with Crippen molar-refractivity contribution in [1.29, 1.82) is 0 Å². The van der Waals surface area contributed by atoms with Crippen molar-refractivity contribution in [2.24, 2.45) is 0 Å². The fourth-order valence-electron chi connectivity index (χ4n) is 2.79. The van der Waals surface area contributed by atoms with E-state index in [1.54, 1.807) is 0 Å². The summed E-state index contributed by atoms with van der Waals surface area (Å²) in [5.74, 6) is 0.970. The first-order valence-corrected chi connectivity index (χ1v) is 7.26. The average molecular weight is 263 g/mol. The van der Waals surface area contributed by atoms with Gasteiger partial charge in [-0.3, -0.25) is 0 Å². The largest absolute Gasteiger partial charge is 0.494 e. The molecule has 3 nitrogen and oxygen atoms in total. The molecule has 1 N–H and O–H groups in total. The van der Waals surface area contributed by atoms with E-state index < -0.39 is 0 Å². The second kappa shape index (κ2) is 6.92. The highest BCUT2D eigenvalue weighted by molar-refractivity contribution is 5.33. The number of rotatable bonds is 6. The zero-order valence-corrected chi connectivity index (χ0v) is 12.1. The van der Waals surface area contributed by atoms with Crippen LogP contribution in [0.3, 0.4) is 0 Å². The van der Waals surface area contributed by atoms with Gasteiger partial charge in [-0.05, 0) is 44.0 Å². The predicted molar refractivity (Wildman–Crippen MR) is 77.9 cm³/mol. The minimum atomic E-state index is 0.219. The number of hydrogen-bond acceptors (Lipinski definition) is 3. The molecule has 0 radical (unpaired) electrons. The lowest BCUT2D eigenvalue weighted by Crippen LogP contribution is -2.41. The summed E-state index contributed by atoms with van der Waals surface area (Å²) in [7, 11) is 2.02. The smallest absolute Gasteiger partial charge is 0.119 e. The van der Waals surface area contributed by atoms with Gasteiger partial charge in [0.1, 0.15) is 5.75 Å². The number of hydrogen-bond donors (Lipinski definition) is 1. The zero-order chi connectivity index (χ0) is 13.6. The molecule has 0 saturated carbocycles. The Kier molecular flexibility index (Phi) is 5.23. The van der Waals surface area contributed by atoms with E-state index in [1.807, 2.05) is 7.05 Å². The topological polar surface area (TPSA) is 30.5 Å². The molecule has 106 valence electrons. The lowest BCUT2D eigenvalue weighted by molar-refractivity contribution is 0.0505. The Bertz CT molecular complexity index is 363. The number of likely N-dealkylation sites (N-methyl/N-ethyl adjacent to an activating group) is 1. The zero-order valence-electron chi connectivity index (χ0n) is 12.1. The molecule has 0 bridgehead atoms. The molecule has 0 amide bonds. The van der Waals surface area contributed by atoms with Crippen LogP contribution in [0.15, 0.2) is 24.3 Å². The van der Waals surface area contributed by atoms with Crippen LogP contribution in [0.4, 0.5) is 0 Å². The van der Waals surface area contributed by atoms with Crippen molar-refractivity contribution in [3.8, 4) is 5.75 Å². The fraction of sp³-hybridized carbons (Fsp3) is 0.625. The van der Waals surface area contributed by atoms with Gasteiger partial charge < -0.3 is 14.8 Å². The van der Waals surface area contributed by atoms with Gasteiger partial charge in [-0.1, -0.05) is 19.1 Å². The molecule has 0 unspecified atom stereocenters. The molecule has 2 rings (SSSR count). The maximum absolute atomic E-state index is 5.65. The Morgan fingerprint density at radius 1 is 1.21 bits per heavy atom. The first kappa shape index (κ1) is 14.4. The van der Waals surface area contributed by atoms with E-state index in [-0.39, 0.29) is 5.41 Å². The summed E-state index contributed by atoms with van der Waals surface area (Å²) in [6.45, 7) is 5.63. The SMILES string of the molecule is CCCOc1ccc(C2(CNC)CCOCC2)cc1. The summed E-state index contributed by atoms with van der Waals surface area (Å²) in [6, 6.07) is 8.62. The molecule has 0 aliphatic carbocycles. The van der Waals surface area contributed by atoms with Gasteiger partial charge in [-0.2, -0.15) is 0 Å². The quantitative estimate of drug-likeness (QED) is 0.856. The van der Waals surface area contributed by atoms with Gasteiger partial charge in [0.25, 0.3) is 0 Å². The Balaban J connectivity index is 2.12. The second-order valence-electron chi connectivity index (χ2n) is 5.30. The molecule has 1 saturated heterocycles. The fourth-order valence-corrected chi connectivity index (χ4v) is 2.79. The van der Waals surface area contributed by atoms with E-state index in [0.717, 1.165) is 51.4 Å². The molecule has 1 aliphatic heterocycles. The summed E-state index contributed by atoms with van der Waals surface area (Å²) in [6.07, 6.45) is 3.22. The monoisotopic (exact) mass is 263 g/mol. The first-order chi connectivity index (χ1) is 9.30. The summed E-state index contributed by atoms with van der Waals surface area (Å²) in [4.78, 5) is 0. The summed E-state index contributed by atoms with van der Waals surface area (Å²) in [5.41, 5.74) is 1.62. The molecule has 1 aromatic carbocycles. The van der Waals surface area contributed by atoms with Crippen molar-refractivity contribution in [3.63, 3.8) is 0 Å². The van der Waals surface area contributed by atoms with Crippen molar-refractivity contribution in [2.75, 3.05) is 33.4 Å². The molecular weight excluding hydrogens is 238 g/mol. The van der Waals surface area contributed by atoms with Gasteiger partial charge in [0.2, 0.25) is 0 Å². The highest BCUT2D eigenvalue weighted by Gasteiger charge is 2.33. The molecule has 1 heterocycles. The molecule has 19 heavy (non-hydrogen) atoms. The molecule has 1 fully saturated rings. The van der Waals surface area contributed by atoms with E-state index in [2.05, 4.69) is 36.5 Å². The molecule has 0 atom stereocenters. The van der Waals surface area contributed by atoms with Crippen molar-refractivity contribution < 1.29 is 9.47 Å². The lowest BCUT2D eigenvalue weighted by Gasteiger charge is -2.37. The predicted octanol–water partition coefficient (Wildman–Crippen LogP) is 2.74. The van der Waals surface area contributed by atoms with Crippen LogP contribution in [0.5, 0.6) is 5.75 Å². The van der Waals surface area contributed by atoms with Crippen LogP contribution in [0, 0.1) is 0 Å². The number of benzene rings is 1. The van der Waals surface area contributed by atoms with E-state index in [4.69, 9.17) is 9.47 Å². The van der Waals surface area contributed by atoms with Crippen molar-refractivity contribution in [1.82, 2.24) is 5.32 Å². The average Bonchev–Trinajstić information content (AvgIpc) is 2.47. The number of nitrogens with one attached hydrogen (secondary N) is 1. The van der Waals surface area contributed by atoms with Gasteiger partial charge in [0.15, 0.2) is 0 Å². The second-order valence-corrected chi connectivity index (χ2v) is 5.30. The summed E-state index contributed by atoms with van der Waals surface area (Å²) in [5, 5.41) is 3.34. The Labute approximate surface area is 116 Å². The summed E-state index contributed by atoms with van der Waals surface area (Å²) < 4.78 is 11.2.